The molecule has 0 unspecified atom stereocenters. The molecular weight excluding hydrogens is 435 g/mol. The van der Waals surface area contributed by atoms with E-state index in [0.717, 1.165) is 28.8 Å². The number of benzene rings is 3. The van der Waals surface area contributed by atoms with Crippen molar-refractivity contribution in [3.8, 4) is 22.6 Å². The van der Waals surface area contributed by atoms with Gasteiger partial charge in [-0.2, -0.15) is 0 Å². The maximum atomic E-state index is 13.9. The summed E-state index contributed by atoms with van der Waals surface area (Å²) in [6.45, 7) is 0.757. The molecule has 0 aliphatic carbocycles. The number of amides is 1. The fourth-order valence-electron chi connectivity index (χ4n) is 5.72. The number of nitrogens with zero attached hydrogens (tertiary/aromatic N) is 2. The number of rotatable bonds is 3. The van der Waals surface area contributed by atoms with Gasteiger partial charge in [-0.25, -0.2) is 4.39 Å². The molecule has 174 valence electrons. The first-order valence-electron chi connectivity index (χ1n) is 11.5. The summed E-state index contributed by atoms with van der Waals surface area (Å²) >= 11 is 0. The van der Waals surface area contributed by atoms with Crippen LogP contribution in [-0.4, -0.2) is 48.9 Å². The zero-order chi connectivity index (χ0) is 23.4. The summed E-state index contributed by atoms with van der Waals surface area (Å²) in [5.74, 6) is 0.941. The Balaban J connectivity index is 1.43. The highest BCUT2D eigenvalue weighted by atomic mass is 19.1. The third-order valence-electron chi connectivity index (χ3n) is 7.39. The molecule has 3 aromatic rings. The van der Waals surface area contributed by atoms with Gasteiger partial charge in [0.15, 0.2) is 11.5 Å². The van der Waals surface area contributed by atoms with Gasteiger partial charge in [0.1, 0.15) is 5.82 Å². The number of aliphatic hydroxyl groups is 1. The molecule has 0 bridgehead atoms. The Morgan fingerprint density at radius 3 is 2.71 bits per heavy atom. The molecule has 0 aromatic heterocycles. The van der Waals surface area contributed by atoms with E-state index >= 15 is 0 Å². The van der Waals surface area contributed by atoms with Crippen molar-refractivity contribution >= 4 is 11.6 Å². The molecule has 7 heteroatoms. The van der Waals surface area contributed by atoms with Crippen molar-refractivity contribution in [2.24, 2.45) is 5.92 Å². The first-order chi connectivity index (χ1) is 16.5. The van der Waals surface area contributed by atoms with E-state index < -0.39 is 0 Å². The Morgan fingerprint density at radius 2 is 1.88 bits per heavy atom. The van der Waals surface area contributed by atoms with Crippen molar-refractivity contribution in [2.75, 3.05) is 31.9 Å². The Bertz CT molecular complexity index is 1280. The molecule has 34 heavy (non-hydrogen) atoms. The van der Waals surface area contributed by atoms with Crippen molar-refractivity contribution in [3.63, 3.8) is 0 Å². The van der Waals surface area contributed by atoms with E-state index in [2.05, 4.69) is 11.0 Å². The predicted octanol–water partition coefficient (Wildman–Crippen LogP) is 4.24. The summed E-state index contributed by atoms with van der Waals surface area (Å²) in [5, 5.41) is 10.2. The van der Waals surface area contributed by atoms with E-state index in [1.807, 2.05) is 30.1 Å². The third-order valence-corrected chi connectivity index (χ3v) is 7.39. The smallest absolute Gasteiger partial charge is 0.254 e. The lowest BCUT2D eigenvalue weighted by molar-refractivity contribution is 0.0693. The SMILES string of the molecule is CN1c2ccc(-c3cccc(F)c3)cc2[C@@H]2[C@@H](CCN2C(=O)c2ccc3c(c2)OCO3)[C@@H]1CO. The standard InChI is InChI=1S/C27H25FN2O4/c1-29-22-7-5-17(16-3-2-4-19(28)11-16)12-21(22)26-20(23(29)14-31)9-10-30(26)27(32)18-6-8-24-25(13-18)34-15-33-24/h2-8,11-13,20,23,26,31H,9-10,14-15H2,1H3/t20-,23-,26-/m0/s1. The number of ether oxygens (including phenoxy) is 2. The number of aliphatic hydroxyl groups excluding tert-OH is 1. The normalized spacial score (nSPS) is 22.5. The van der Waals surface area contributed by atoms with Crippen LogP contribution in [0, 0.1) is 11.7 Å². The minimum atomic E-state index is -0.286. The lowest BCUT2D eigenvalue weighted by Gasteiger charge is -2.44. The number of hydrogen-bond donors (Lipinski definition) is 1. The van der Waals surface area contributed by atoms with Crippen molar-refractivity contribution in [3.05, 3.63) is 77.6 Å². The highest BCUT2D eigenvalue weighted by Crippen LogP contribution is 2.50. The molecule has 0 saturated carbocycles. The molecule has 1 fully saturated rings. The van der Waals surface area contributed by atoms with Crippen LogP contribution in [0.1, 0.15) is 28.4 Å². The summed E-state index contributed by atoms with van der Waals surface area (Å²) in [5.41, 5.74) is 4.23. The molecule has 0 radical (unpaired) electrons. The van der Waals surface area contributed by atoms with Gasteiger partial charge in [-0.1, -0.05) is 18.2 Å². The monoisotopic (exact) mass is 460 g/mol. The zero-order valence-electron chi connectivity index (χ0n) is 18.8. The maximum absolute atomic E-state index is 13.9. The number of carbonyl (C=O) groups excluding carboxylic acids is 1. The molecule has 6 rings (SSSR count). The highest BCUT2D eigenvalue weighted by molar-refractivity contribution is 5.95. The quantitative estimate of drug-likeness (QED) is 0.634. The van der Waals surface area contributed by atoms with Crippen LogP contribution in [0.25, 0.3) is 11.1 Å². The van der Waals surface area contributed by atoms with Crippen molar-refractivity contribution < 1.29 is 23.8 Å². The summed E-state index contributed by atoms with van der Waals surface area (Å²) in [7, 11) is 1.99. The van der Waals surface area contributed by atoms with E-state index in [-0.39, 0.29) is 43.1 Å². The van der Waals surface area contributed by atoms with Crippen LogP contribution < -0.4 is 14.4 Å². The minimum Gasteiger partial charge on any atom is -0.454 e. The zero-order valence-corrected chi connectivity index (χ0v) is 18.8. The number of carbonyl (C=O) groups is 1. The molecule has 3 aliphatic heterocycles. The van der Waals surface area contributed by atoms with Gasteiger partial charge in [0.2, 0.25) is 6.79 Å². The van der Waals surface area contributed by atoms with E-state index in [4.69, 9.17) is 9.47 Å². The molecular formula is C27H25FN2O4. The Kier molecular flexibility index (Phi) is 4.95. The van der Waals surface area contributed by atoms with Crippen LogP contribution in [0.5, 0.6) is 11.5 Å². The van der Waals surface area contributed by atoms with Gasteiger partial charge in [0, 0.05) is 30.8 Å². The van der Waals surface area contributed by atoms with Crippen LogP contribution in [-0.2, 0) is 0 Å². The molecule has 0 spiro atoms. The van der Waals surface area contributed by atoms with Gasteiger partial charge in [0.05, 0.1) is 18.7 Å². The van der Waals surface area contributed by atoms with Crippen LogP contribution in [0.2, 0.25) is 0 Å². The number of anilines is 1. The molecule has 1 amide bonds. The van der Waals surface area contributed by atoms with Gasteiger partial charge in [-0.05, 0) is 65.6 Å². The molecule has 1 N–H and O–H groups in total. The van der Waals surface area contributed by atoms with Crippen molar-refractivity contribution in [1.82, 2.24) is 4.90 Å². The average molecular weight is 461 g/mol. The van der Waals surface area contributed by atoms with Gasteiger partial charge in [0.25, 0.3) is 5.91 Å². The first-order valence-corrected chi connectivity index (χ1v) is 11.5. The third kappa shape index (κ3) is 3.22. The second-order valence-electron chi connectivity index (χ2n) is 9.11. The van der Waals surface area contributed by atoms with E-state index in [9.17, 15) is 14.3 Å². The number of likely N-dealkylation sites (N-methyl/N-ethyl adjacent to an activating group) is 1. The van der Waals surface area contributed by atoms with Crippen LogP contribution in [0.4, 0.5) is 10.1 Å². The molecule has 3 aliphatic rings. The largest absolute Gasteiger partial charge is 0.454 e. The van der Waals surface area contributed by atoms with Gasteiger partial charge < -0.3 is 24.4 Å². The van der Waals surface area contributed by atoms with Gasteiger partial charge >= 0.3 is 0 Å². The second-order valence-corrected chi connectivity index (χ2v) is 9.11. The van der Waals surface area contributed by atoms with Crippen molar-refractivity contribution in [1.29, 1.82) is 0 Å². The Labute approximate surface area is 197 Å². The highest BCUT2D eigenvalue weighted by Gasteiger charge is 2.47. The lowest BCUT2D eigenvalue weighted by Crippen LogP contribution is -2.48. The molecule has 3 aromatic carbocycles. The molecule has 3 atom stereocenters. The Morgan fingerprint density at radius 1 is 1.06 bits per heavy atom. The fraction of sp³-hybridized carbons (Fsp3) is 0.296. The lowest BCUT2D eigenvalue weighted by atomic mass is 9.81. The van der Waals surface area contributed by atoms with Crippen LogP contribution in [0.3, 0.4) is 0 Å². The molecule has 6 nitrogen and oxygen atoms in total. The molecule has 3 heterocycles. The van der Waals surface area contributed by atoms with Gasteiger partial charge in [-0.15, -0.1) is 0 Å². The number of likely N-dealkylation sites (tertiary alicyclic amines) is 1. The van der Waals surface area contributed by atoms with Crippen LogP contribution >= 0.6 is 0 Å². The maximum Gasteiger partial charge on any atom is 0.254 e. The number of halogens is 1. The number of hydrogen-bond acceptors (Lipinski definition) is 5. The van der Waals surface area contributed by atoms with E-state index in [1.54, 1.807) is 24.3 Å². The summed E-state index contributed by atoms with van der Waals surface area (Å²) in [6, 6.07) is 17.6. The van der Waals surface area contributed by atoms with E-state index in [1.165, 1.54) is 12.1 Å². The summed E-state index contributed by atoms with van der Waals surface area (Å²) in [6.07, 6.45) is 0.792. The van der Waals surface area contributed by atoms with Crippen LogP contribution in [0.15, 0.2) is 60.7 Å². The summed E-state index contributed by atoms with van der Waals surface area (Å²) < 4.78 is 24.8. The second kappa shape index (κ2) is 8.02. The number of fused-ring (bicyclic) bond motifs is 4. The van der Waals surface area contributed by atoms with Gasteiger partial charge in [-0.3, -0.25) is 4.79 Å². The van der Waals surface area contributed by atoms with E-state index in [0.29, 0.717) is 23.6 Å². The molecule has 1 saturated heterocycles. The Hall–Kier alpha value is -3.58. The topological polar surface area (TPSA) is 62.2 Å². The fourth-order valence-corrected chi connectivity index (χ4v) is 5.72. The van der Waals surface area contributed by atoms with Crippen molar-refractivity contribution in [2.45, 2.75) is 18.5 Å². The predicted molar refractivity (Wildman–Crippen MR) is 126 cm³/mol. The summed E-state index contributed by atoms with van der Waals surface area (Å²) in [4.78, 5) is 17.7. The first kappa shape index (κ1) is 21.0. The average Bonchev–Trinajstić information content (AvgIpc) is 3.50. The minimum absolute atomic E-state index is 0.00874.